The van der Waals surface area contributed by atoms with Gasteiger partial charge in [0.1, 0.15) is 12.4 Å². The SMILES string of the molecule is C=CCc1cc(C=Nn2c(CCC)nc3ccc(Br)cc3c2=O)cc(OCC)c1OCc1ccc(Br)cc1. The second-order valence-corrected chi connectivity index (χ2v) is 10.5. The first-order valence-corrected chi connectivity index (χ1v) is 14.1. The van der Waals surface area contributed by atoms with Crippen molar-refractivity contribution in [3.8, 4) is 11.5 Å². The lowest BCUT2D eigenvalue weighted by molar-refractivity contribution is 0.267. The summed E-state index contributed by atoms with van der Waals surface area (Å²) < 4.78 is 15.4. The molecule has 0 aliphatic carbocycles. The first-order valence-electron chi connectivity index (χ1n) is 12.5. The molecule has 0 aliphatic rings. The maximum atomic E-state index is 13.4. The van der Waals surface area contributed by atoms with E-state index in [1.807, 2.05) is 61.5 Å². The van der Waals surface area contributed by atoms with Gasteiger partial charge in [-0.05, 0) is 73.4 Å². The molecule has 1 aromatic heterocycles. The minimum absolute atomic E-state index is 0.207. The zero-order chi connectivity index (χ0) is 27.1. The quantitative estimate of drug-likeness (QED) is 0.126. The van der Waals surface area contributed by atoms with E-state index >= 15 is 0 Å². The maximum absolute atomic E-state index is 13.4. The fraction of sp³-hybridized carbons (Fsp3) is 0.233. The Hall–Kier alpha value is -3.23. The highest BCUT2D eigenvalue weighted by Crippen LogP contribution is 2.34. The molecule has 0 bridgehead atoms. The number of aryl methyl sites for hydroxylation is 1. The van der Waals surface area contributed by atoms with E-state index in [1.54, 1.807) is 12.3 Å². The van der Waals surface area contributed by atoms with Gasteiger partial charge in [0.2, 0.25) is 0 Å². The van der Waals surface area contributed by atoms with E-state index in [4.69, 9.17) is 14.5 Å². The number of rotatable bonds is 11. The molecule has 0 N–H and O–H groups in total. The Balaban J connectivity index is 1.74. The zero-order valence-electron chi connectivity index (χ0n) is 21.4. The molecule has 0 saturated carbocycles. The van der Waals surface area contributed by atoms with Crippen LogP contribution in [0.1, 0.15) is 42.8 Å². The molecular weight excluding hydrogens is 610 g/mol. The molecule has 0 fully saturated rings. The van der Waals surface area contributed by atoms with Crippen molar-refractivity contribution in [3.05, 3.63) is 109 Å². The van der Waals surface area contributed by atoms with Crippen molar-refractivity contribution >= 4 is 49.0 Å². The van der Waals surface area contributed by atoms with Crippen LogP contribution >= 0.6 is 31.9 Å². The van der Waals surface area contributed by atoms with E-state index in [-0.39, 0.29) is 5.56 Å². The number of hydrogen-bond acceptors (Lipinski definition) is 5. The topological polar surface area (TPSA) is 65.7 Å². The van der Waals surface area contributed by atoms with Gasteiger partial charge in [0.25, 0.3) is 5.56 Å². The third-order valence-corrected chi connectivity index (χ3v) is 6.81. The molecule has 0 spiro atoms. The van der Waals surface area contributed by atoms with E-state index in [0.717, 1.165) is 32.1 Å². The first kappa shape index (κ1) is 27.8. The normalized spacial score (nSPS) is 11.3. The Morgan fingerprint density at radius 1 is 1.03 bits per heavy atom. The number of halogens is 2. The van der Waals surface area contributed by atoms with Gasteiger partial charge in [-0.1, -0.05) is 57.0 Å². The minimum Gasteiger partial charge on any atom is -0.490 e. The molecule has 1 heterocycles. The van der Waals surface area contributed by atoms with Crippen LogP contribution in [0.15, 0.2) is 86.1 Å². The van der Waals surface area contributed by atoms with Gasteiger partial charge in [-0.2, -0.15) is 9.78 Å². The van der Waals surface area contributed by atoms with Gasteiger partial charge in [-0.25, -0.2) is 4.98 Å². The molecule has 8 heteroatoms. The minimum atomic E-state index is -0.207. The number of fused-ring (bicyclic) bond motifs is 1. The molecule has 4 aromatic rings. The number of aromatic nitrogens is 2. The van der Waals surface area contributed by atoms with Crippen LogP contribution < -0.4 is 15.0 Å². The molecule has 0 amide bonds. The standard InChI is InChI=1S/C30H29Br2N3O3/c1-4-7-22-15-21(16-27(37-6-3)29(22)38-19-20-9-11-23(31)12-10-20)18-33-35-28(8-5-2)34-26-14-13-24(32)17-25(26)30(35)36/h4,9-18H,1,5-8,19H2,2-3H3. The Labute approximate surface area is 239 Å². The van der Waals surface area contributed by atoms with Crippen molar-refractivity contribution in [1.29, 1.82) is 0 Å². The third kappa shape index (κ3) is 6.60. The van der Waals surface area contributed by atoms with Crippen LogP contribution in [0.2, 0.25) is 0 Å². The lowest BCUT2D eigenvalue weighted by Gasteiger charge is -2.17. The van der Waals surface area contributed by atoms with Gasteiger partial charge in [-0.15, -0.1) is 6.58 Å². The molecule has 0 atom stereocenters. The summed E-state index contributed by atoms with van der Waals surface area (Å²) in [6.07, 6.45) is 5.55. The second kappa shape index (κ2) is 13.0. The van der Waals surface area contributed by atoms with E-state index in [9.17, 15) is 4.79 Å². The Morgan fingerprint density at radius 3 is 2.50 bits per heavy atom. The predicted octanol–water partition coefficient (Wildman–Crippen LogP) is 7.46. The largest absolute Gasteiger partial charge is 0.490 e. The molecule has 38 heavy (non-hydrogen) atoms. The maximum Gasteiger partial charge on any atom is 0.282 e. The fourth-order valence-electron chi connectivity index (χ4n) is 4.05. The van der Waals surface area contributed by atoms with E-state index < -0.39 is 0 Å². The van der Waals surface area contributed by atoms with E-state index in [0.29, 0.717) is 54.3 Å². The van der Waals surface area contributed by atoms with Crippen LogP contribution in [0.4, 0.5) is 0 Å². The van der Waals surface area contributed by atoms with Gasteiger partial charge >= 0.3 is 0 Å². The van der Waals surface area contributed by atoms with Crippen LogP contribution in [0.5, 0.6) is 11.5 Å². The summed E-state index contributed by atoms with van der Waals surface area (Å²) in [6, 6.07) is 17.4. The molecule has 0 saturated heterocycles. The van der Waals surface area contributed by atoms with Crippen LogP contribution in [0.25, 0.3) is 10.9 Å². The first-order chi connectivity index (χ1) is 18.4. The Morgan fingerprint density at radius 2 is 1.79 bits per heavy atom. The monoisotopic (exact) mass is 637 g/mol. The smallest absolute Gasteiger partial charge is 0.282 e. The van der Waals surface area contributed by atoms with Crippen molar-refractivity contribution in [3.63, 3.8) is 0 Å². The number of benzene rings is 3. The van der Waals surface area contributed by atoms with Gasteiger partial charge in [0.05, 0.1) is 23.7 Å². The van der Waals surface area contributed by atoms with Crippen molar-refractivity contribution in [2.75, 3.05) is 6.61 Å². The second-order valence-electron chi connectivity index (χ2n) is 8.65. The van der Waals surface area contributed by atoms with Gasteiger partial charge in [0.15, 0.2) is 11.5 Å². The molecule has 196 valence electrons. The summed E-state index contributed by atoms with van der Waals surface area (Å²) in [5, 5.41) is 5.09. The molecule has 3 aromatic carbocycles. The average molecular weight is 639 g/mol. The summed E-state index contributed by atoms with van der Waals surface area (Å²) >= 11 is 6.91. The molecule has 4 rings (SSSR count). The van der Waals surface area contributed by atoms with Crippen LogP contribution in [-0.2, 0) is 19.4 Å². The van der Waals surface area contributed by atoms with Crippen LogP contribution in [-0.4, -0.2) is 22.5 Å². The van der Waals surface area contributed by atoms with Crippen LogP contribution in [0, 0.1) is 0 Å². The third-order valence-electron chi connectivity index (χ3n) is 5.79. The summed E-state index contributed by atoms with van der Waals surface area (Å²) in [5.74, 6) is 1.91. The van der Waals surface area contributed by atoms with E-state index in [2.05, 4.69) is 50.5 Å². The number of ether oxygens (including phenoxy) is 2. The fourth-order valence-corrected chi connectivity index (χ4v) is 4.68. The van der Waals surface area contributed by atoms with Gasteiger partial charge < -0.3 is 9.47 Å². The zero-order valence-corrected chi connectivity index (χ0v) is 24.6. The van der Waals surface area contributed by atoms with Crippen molar-refractivity contribution < 1.29 is 9.47 Å². The number of allylic oxidation sites excluding steroid dienone is 1. The lowest BCUT2D eigenvalue weighted by Crippen LogP contribution is -2.22. The highest BCUT2D eigenvalue weighted by Gasteiger charge is 2.15. The van der Waals surface area contributed by atoms with E-state index in [1.165, 1.54) is 4.68 Å². The highest BCUT2D eigenvalue weighted by atomic mass is 79.9. The summed E-state index contributed by atoms with van der Waals surface area (Å²) in [4.78, 5) is 18.1. The molecule has 0 unspecified atom stereocenters. The molecule has 0 radical (unpaired) electrons. The van der Waals surface area contributed by atoms with Crippen molar-refractivity contribution in [2.45, 2.75) is 39.7 Å². The Bertz CT molecular complexity index is 1530. The predicted molar refractivity (Wildman–Crippen MR) is 161 cm³/mol. The van der Waals surface area contributed by atoms with Crippen molar-refractivity contribution in [1.82, 2.24) is 9.66 Å². The van der Waals surface area contributed by atoms with Gasteiger partial charge in [-0.3, -0.25) is 4.79 Å². The average Bonchev–Trinajstić information content (AvgIpc) is 2.90. The summed E-state index contributed by atoms with van der Waals surface area (Å²) in [7, 11) is 0. The van der Waals surface area contributed by atoms with Crippen molar-refractivity contribution in [2.24, 2.45) is 5.10 Å². The number of nitrogens with zero attached hydrogens (tertiary/aromatic N) is 3. The molecule has 6 nitrogen and oxygen atoms in total. The summed E-state index contributed by atoms with van der Waals surface area (Å²) in [5.41, 5.74) is 3.20. The van der Waals surface area contributed by atoms with Crippen LogP contribution in [0.3, 0.4) is 0 Å². The highest BCUT2D eigenvalue weighted by molar-refractivity contribution is 9.10. The number of hydrogen-bond donors (Lipinski definition) is 0. The Kier molecular flexibility index (Phi) is 9.53. The van der Waals surface area contributed by atoms with Gasteiger partial charge in [0, 0.05) is 20.9 Å². The molecule has 0 aliphatic heterocycles. The summed E-state index contributed by atoms with van der Waals surface area (Å²) in [6.45, 7) is 8.77. The molecular formula is C30H29Br2N3O3. The lowest BCUT2D eigenvalue weighted by atomic mass is 10.1.